The van der Waals surface area contributed by atoms with E-state index in [0.29, 0.717) is 4.99 Å². The van der Waals surface area contributed by atoms with Gasteiger partial charge in [0.2, 0.25) is 0 Å². The summed E-state index contributed by atoms with van der Waals surface area (Å²) in [6.45, 7) is 2.08. The standard InChI is InChI=1S/C7H9NS2/c1-5-6(2-3-10-5)4-7(8)9/h2-3H,4H2,1H3,(H2,8,9). The van der Waals surface area contributed by atoms with Crippen molar-refractivity contribution in [2.45, 2.75) is 13.3 Å². The quantitative estimate of drug-likeness (QED) is 0.688. The first-order chi connectivity index (χ1) is 4.70. The van der Waals surface area contributed by atoms with E-state index < -0.39 is 0 Å². The molecule has 1 aromatic heterocycles. The van der Waals surface area contributed by atoms with Crippen molar-refractivity contribution in [1.29, 1.82) is 0 Å². The highest BCUT2D eigenvalue weighted by Gasteiger charge is 1.99. The number of thiophene rings is 1. The van der Waals surface area contributed by atoms with Gasteiger partial charge in [-0.1, -0.05) is 12.2 Å². The van der Waals surface area contributed by atoms with Crippen molar-refractivity contribution < 1.29 is 0 Å². The Morgan fingerprint density at radius 1 is 1.80 bits per heavy atom. The fourth-order valence-electron chi connectivity index (χ4n) is 0.782. The molecular weight excluding hydrogens is 162 g/mol. The van der Waals surface area contributed by atoms with Crippen LogP contribution in [0, 0.1) is 6.92 Å². The summed E-state index contributed by atoms with van der Waals surface area (Å²) < 4.78 is 0. The first-order valence-corrected chi connectivity index (χ1v) is 4.30. The highest BCUT2D eigenvalue weighted by atomic mass is 32.1. The summed E-state index contributed by atoms with van der Waals surface area (Å²) in [4.78, 5) is 1.88. The van der Waals surface area contributed by atoms with Gasteiger partial charge < -0.3 is 5.73 Å². The Bertz CT molecular complexity index is 240. The van der Waals surface area contributed by atoms with Crippen LogP contribution in [-0.2, 0) is 6.42 Å². The van der Waals surface area contributed by atoms with Crippen LogP contribution in [0.4, 0.5) is 0 Å². The highest BCUT2D eigenvalue weighted by molar-refractivity contribution is 7.80. The van der Waals surface area contributed by atoms with E-state index in [0.717, 1.165) is 6.42 Å². The first kappa shape index (κ1) is 7.69. The molecule has 0 unspecified atom stereocenters. The lowest BCUT2D eigenvalue weighted by atomic mass is 10.2. The van der Waals surface area contributed by atoms with Gasteiger partial charge in [-0.15, -0.1) is 11.3 Å². The van der Waals surface area contributed by atoms with E-state index >= 15 is 0 Å². The Labute approximate surface area is 69.9 Å². The Kier molecular flexibility index (Phi) is 2.40. The molecule has 2 N–H and O–H groups in total. The van der Waals surface area contributed by atoms with Gasteiger partial charge in [0.05, 0.1) is 4.99 Å². The molecular formula is C7H9NS2. The third-order valence-electron chi connectivity index (χ3n) is 1.33. The van der Waals surface area contributed by atoms with Crippen molar-refractivity contribution in [2.75, 3.05) is 0 Å². The van der Waals surface area contributed by atoms with Crippen LogP contribution in [0.15, 0.2) is 11.4 Å². The predicted octanol–water partition coefficient (Wildman–Crippen LogP) is 1.89. The summed E-state index contributed by atoms with van der Waals surface area (Å²) in [7, 11) is 0. The van der Waals surface area contributed by atoms with Gasteiger partial charge in [0.25, 0.3) is 0 Å². The van der Waals surface area contributed by atoms with Crippen molar-refractivity contribution in [3.8, 4) is 0 Å². The number of rotatable bonds is 2. The van der Waals surface area contributed by atoms with Gasteiger partial charge in [0.15, 0.2) is 0 Å². The molecule has 0 atom stereocenters. The fraction of sp³-hybridized carbons (Fsp3) is 0.286. The van der Waals surface area contributed by atoms with Crippen molar-refractivity contribution >= 4 is 28.5 Å². The number of nitrogens with two attached hydrogens (primary N) is 1. The minimum atomic E-state index is 0.571. The van der Waals surface area contributed by atoms with Gasteiger partial charge in [0.1, 0.15) is 0 Å². The third-order valence-corrected chi connectivity index (χ3v) is 2.36. The van der Waals surface area contributed by atoms with Crippen LogP contribution in [-0.4, -0.2) is 4.99 Å². The maximum atomic E-state index is 5.39. The van der Waals surface area contributed by atoms with E-state index in [9.17, 15) is 0 Å². The van der Waals surface area contributed by atoms with Gasteiger partial charge in [0, 0.05) is 11.3 Å². The molecule has 0 aliphatic rings. The van der Waals surface area contributed by atoms with Crippen LogP contribution in [0.5, 0.6) is 0 Å². The molecule has 3 heteroatoms. The largest absolute Gasteiger partial charge is 0.393 e. The van der Waals surface area contributed by atoms with E-state index in [4.69, 9.17) is 18.0 Å². The van der Waals surface area contributed by atoms with Crippen molar-refractivity contribution in [3.05, 3.63) is 21.9 Å². The average Bonchev–Trinajstić information content (AvgIpc) is 2.15. The van der Waals surface area contributed by atoms with Crippen LogP contribution < -0.4 is 5.73 Å². The monoisotopic (exact) mass is 171 g/mol. The lowest BCUT2D eigenvalue weighted by Crippen LogP contribution is -2.10. The smallest absolute Gasteiger partial charge is 0.0772 e. The SMILES string of the molecule is Cc1sccc1CC(N)=S. The molecule has 10 heavy (non-hydrogen) atoms. The Hall–Kier alpha value is -0.410. The highest BCUT2D eigenvalue weighted by Crippen LogP contribution is 2.15. The van der Waals surface area contributed by atoms with Crippen molar-refractivity contribution in [1.82, 2.24) is 0 Å². The molecule has 0 aromatic carbocycles. The number of hydrogen-bond acceptors (Lipinski definition) is 2. The summed E-state index contributed by atoms with van der Waals surface area (Å²) in [5.41, 5.74) is 6.65. The number of thiocarbonyl (C=S) groups is 1. The van der Waals surface area contributed by atoms with Crippen molar-refractivity contribution in [3.63, 3.8) is 0 Å². The topological polar surface area (TPSA) is 26.0 Å². The summed E-state index contributed by atoms with van der Waals surface area (Å²) >= 11 is 6.52. The molecule has 1 nitrogen and oxygen atoms in total. The summed E-state index contributed by atoms with van der Waals surface area (Å²) in [6.07, 6.45) is 0.741. The Morgan fingerprint density at radius 3 is 2.90 bits per heavy atom. The van der Waals surface area contributed by atoms with Crippen LogP contribution in [0.3, 0.4) is 0 Å². The molecule has 0 aliphatic carbocycles. The summed E-state index contributed by atoms with van der Waals surface area (Å²) in [5, 5.41) is 2.06. The summed E-state index contributed by atoms with van der Waals surface area (Å²) in [5.74, 6) is 0. The van der Waals surface area contributed by atoms with Crippen LogP contribution >= 0.6 is 23.6 Å². The molecule has 1 heterocycles. The maximum Gasteiger partial charge on any atom is 0.0772 e. The molecule has 0 amide bonds. The zero-order valence-corrected chi connectivity index (χ0v) is 7.39. The van der Waals surface area contributed by atoms with Gasteiger partial charge in [-0.2, -0.15) is 0 Å². The Balaban J connectivity index is 2.74. The van der Waals surface area contributed by atoms with Crippen LogP contribution in [0.2, 0.25) is 0 Å². The normalized spacial score (nSPS) is 9.70. The fourth-order valence-corrected chi connectivity index (χ4v) is 1.67. The van der Waals surface area contributed by atoms with Gasteiger partial charge in [-0.05, 0) is 23.9 Å². The second-order valence-corrected chi connectivity index (χ2v) is 3.79. The van der Waals surface area contributed by atoms with E-state index in [1.807, 2.05) is 0 Å². The second kappa shape index (κ2) is 3.12. The molecule has 0 aliphatic heterocycles. The van der Waals surface area contributed by atoms with Gasteiger partial charge >= 0.3 is 0 Å². The molecule has 0 saturated heterocycles. The lowest BCUT2D eigenvalue weighted by Gasteiger charge is -1.94. The number of aryl methyl sites for hydroxylation is 1. The molecule has 1 aromatic rings. The minimum Gasteiger partial charge on any atom is -0.393 e. The molecule has 1 rings (SSSR count). The molecule has 0 bridgehead atoms. The van der Waals surface area contributed by atoms with Crippen LogP contribution in [0.1, 0.15) is 10.4 Å². The Morgan fingerprint density at radius 2 is 2.50 bits per heavy atom. The van der Waals surface area contributed by atoms with Gasteiger partial charge in [-0.3, -0.25) is 0 Å². The summed E-state index contributed by atoms with van der Waals surface area (Å²) in [6, 6.07) is 2.07. The zero-order chi connectivity index (χ0) is 7.56. The maximum absolute atomic E-state index is 5.39. The van der Waals surface area contributed by atoms with Gasteiger partial charge in [-0.25, -0.2) is 0 Å². The molecule has 54 valence electrons. The second-order valence-electron chi connectivity index (χ2n) is 2.15. The van der Waals surface area contributed by atoms with E-state index in [1.54, 1.807) is 11.3 Å². The molecule has 0 saturated carbocycles. The average molecular weight is 171 g/mol. The predicted molar refractivity (Wildman–Crippen MR) is 49.5 cm³/mol. The zero-order valence-electron chi connectivity index (χ0n) is 5.76. The minimum absolute atomic E-state index is 0.571. The number of hydrogen-bond donors (Lipinski definition) is 1. The van der Waals surface area contributed by atoms with E-state index in [-0.39, 0.29) is 0 Å². The molecule has 0 spiro atoms. The van der Waals surface area contributed by atoms with Crippen molar-refractivity contribution in [2.24, 2.45) is 5.73 Å². The molecule has 0 radical (unpaired) electrons. The first-order valence-electron chi connectivity index (χ1n) is 3.01. The lowest BCUT2D eigenvalue weighted by molar-refractivity contribution is 1.31. The van der Waals surface area contributed by atoms with E-state index in [1.165, 1.54) is 10.4 Å². The third kappa shape index (κ3) is 1.78. The van der Waals surface area contributed by atoms with Crippen LogP contribution in [0.25, 0.3) is 0 Å². The molecule has 0 fully saturated rings. The van der Waals surface area contributed by atoms with E-state index in [2.05, 4.69) is 18.4 Å².